The zero-order chi connectivity index (χ0) is 39.5. The van der Waals surface area contributed by atoms with Gasteiger partial charge in [-0.1, -0.05) is 24.3 Å². The average molecular weight is 776 g/mol. The number of hydrogen-bond donors (Lipinski definition) is 4. The highest BCUT2D eigenvalue weighted by molar-refractivity contribution is 7.46. The predicted octanol–water partition coefficient (Wildman–Crippen LogP) is 3.98. The van der Waals surface area contributed by atoms with Crippen LogP contribution in [0.5, 0.6) is 17.2 Å². The number of esters is 2. The molecular formula is C34H39N3O14P2. The van der Waals surface area contributed by atoms with Crippen LogP contribution < -0.4 is 14.2 Å². The average Bonchev–Trinajstić information content (AvgIpc) is 3.39. The highest BCUT2D eigenvalue weighted by Gasteiger charge is 2.33. The number of phosphoric ester groups is 1. The van der Waals surface area contributed by atoms with E-state index in [9.17, 15) is 23.7 Å². The van der Waals surface area contributed by atoms with Crippen molar-refractivity contribution < 1.29 is 66.6 Å². The summed E-state index contributed by atoms with van der Waals surface area (Å²) in [5.41, 5.74) is 1.61. The molecule has 0 spiro atoms. The fourth-order valence-electron chi connectivity index (χ4n) is 4.38. The van der Waals surface area contributed by atoms with Crippen LogP contribution in [-0.4, -0.2) is 93.5 Å². The number of methoxy groups -OCH3 is 1. The van der Waals surface area contributed by atoms with Gasteiger partial charge in [-0.2, -0.15) is 0 Å². The normalized spacial score (nSPS) is 10.9. The number of ether oxygens (including phenoxy) is 3. The molecule has 0 aliphatic heterocycles. The molecular weight excluding hydrogens is 736 g/mol. The maximum absolute atomic E-state index is 13.7. The second kappa shape index (κ2) is 19.2. The number of aromatic nitrogens is 1. The Morgan fingerprint density at radius 2 is 1.26 bits per heavy atom. The van der Waals surface area contributed by atoms with E-state index in [4.69, 9.17) is 38.3 Å². The Labute approximate surface area is 306 Å². The van der Waals surface area contributed by atoms with E-state index in [2.05, 4.69) is 4.52 Å². The summed E-state index contributed by atoms with van der Waals surface area (Å²) in [7, 11) is 0.610. The molecule has 0 fully saturated rings. The first-order valence-corrected chi connectivity index (χ1v) is 18.0. The molecule has 0 saturated carbocycles. The lowest BCUT2D eigenvalue weighted by Gasteiger charge is -2.16. The molecule has 4 aromatic rings. The highest BCUT2D eigenvalue weighted by atomic mass is 31.2. The topological polar surface area (TPSA) is 224 Å². The first kappa shape index (κ1) is 42.5. The van der Waals surface area contributed by atoms with Gasteiger partial charge in [-0.15, -0.1) is 0 Å². The Bertz CT molecular complexity index is 1920. The van der Waals surface area contributed by atoms with Crippen molar-refractivity contribution >= 4 is 40.7 Å². The molecule has 4 N–H and O–H groups in total. The van der Waals surface area contributed by atoms with E-state index in [0.29, 0.717) is 22.6 Å². The molecule has 2 amide bonds. The summed E-state index contributed by atoms with van der Waals surface area (Å²) in [4.78, 5) is 88.6. The zero-order valence-electron chi connectivity index (χ0n) is 29.5. The van der Waals surface area contributed by atoms with Gasteiger partial charge in [-0.25, -0.2) is 14.2 Å². The molecule has 1 aromatic heterocycles. The number of benzene rings is 3. The Kier molecular flexibility index (Phi) is 15.4. The first-order valence-electron chi connectivity index (χ1n) is 15.3. The van der Waals surface area contributed by atoms with E-state index in [1.54, 1.807) is 45.3 Å². The fourth-order valence-corrected chi connectivity index (χ4v) is 4.97. The summed E-state index contributed by atoms with van der Waals surface area (Å²) >= 11 is 0. The molecule has 3 aromatic carbocycles. The molecule has 0 radical (unpaired) electrons. The Morgan fingerprint density at radius 3 is 1.68 bits per heavy atom. The standard InChI is InChI=1S/C31H32N2O13P2.C3H7NO/c1-19-27(45-30(35)22-11-7-21(8-12-22)18-44-48(39,40)41)28(46-31(36)23-9-5-20(6-10-23)17-43-47(37)38)26(29(34)32(2)3)33(19)24-13-15-25(42-4)16-14-24;1-4(2)3-5/h5-16,37-38H,17-18H2,1-4H3,(H2,39,40,41);3H,1-2H3. The number of nitrogens with zero attached hydrogens (tertiary/aromatic N) is 3. The summed E-state index contributed by atoms with van der Waals surface area (Å²) in [5, 5.41) is 0. The number of hydrogen-bond acceptors (Lipinski definition) is 12. The van der Waals surface area contributed by atoms with Crippen LogP contribution >= 0.6 is 16.4 Å². The SMILES string of the molecule is CN(C)C=O.COc1ccc(-n2c(C)c(OC(=O)c3ccc(COP(=O)(O)O)cc3)c(OC(=O)c3ccc(COP(O)O)cc3)c2C(=O)N(C)C)cc1. The third-order valence-corrected chi connectivity index (χ3v) is 7.80. The lowest BCUT2D eigenvalue weighted by molar-refractivity contribution is -0.115. The van der Waals surface area contributed by atoms with E-state index < -0.39 is 40.9 Å². The fraction of sp³-hybridized carbons (Fsp3) is 0.235. The maximum Gasteiger partial charge on any atom is 0.469 e. The summed E-state index contributed by atoms with van der Waals surface area (Å²) in [6.07, 6.45) is 0.750. The van der Waals surface area contributed by atoms with Crippen LogP contribution in [0.3, 0.4) is 0 Å². The van der Waals surface area contributed by atoms with Crippen LogP contribution in [0, 0.1) is 6.92 Å². The van der Waals surface area contributed by atoms with Crippen LogP contribution in [0.15, 0.2) is 72.8 Å². The van der Waals surface area contributed by atoms with Gasteiger partial charge in [0.25, 0.3) is 5.91 Å². The highest BCUT2D eigenvalue weighted by Crippen LogP contribution is 2.42. The van der Waals surface area contributed by atoms with Gasteiger partial charge in [0.2, 0.25) is 12.2 Å². The van der Waals surface area contributed by atoms with Crippen molar-refractivity contribution in [2.45, 2.75) is 20.1 Å². The van der Waals surface area contributed by atoms with Gasteiger partial charge in [-0.05, 0) is 66.6 Å². The van der Waals surface area contributed by atoms with Crippen LogP contribution in [0.25, 0.3) is 5.69 Å². The molecule has 0 bridgehead atoms. The molecule has 0 unspecified atom stereocenters. The first-order chi connectivity index (χ1) is 24.9. The van der Waals surface area contributed by atoms with E-state index in [1.807, 2.05) is 0 Å². The molecule has 284 valence electrons. The Morgan fingerprint density at radius 1 is 0.792 bits per heavy atom. The largest absolute Gasteiger partial charge is 0.497 e. The molecule has 0 aliphatic carbocycles. The monoisotopic (exact) mass is 775 g/mol. The minimum atomic E-state index is -4.71. The van der Waals surface area contributed by atoms with Gasteiger partial charge in [-0.3, -0.25) is 14.1 Å². The van der Waals surface area contributed by atoms with Gasteiger partial charge in [0.05, 0.1) is 37.1 Å². The summed E-state index contributed by atoms with van der Waals surface area (Å²) < 4.78 is 38.7. The lowest BCUT2D eigenvalue weighted by atomic mass is 10.1. The lowest BCUT2D eigenvalue weighted by Crippen LogP contribution is -2.25. The van der Waals surface area contributed by atoms with Crippen molar-refractivity contribution in [1.29, 1.82) is 0 Å². The summed E-state index contributed by atoms with van der Waals surface area (Å²) in [6.45, 7) is 1.06. The van der Waals surface area contributed by atoms with Crippen molar-refractivity contribution in [3.8, 4) is 22.9 Å². The van der Waals surface area contributed by atoms with E-state index in [-0.39, 0.29) is 40.6 Å². The molecule has 4 rings (SSSR count). The predicted molar refractivity (Wildman–Crippen MR) is 191 cm³/mol. The molecule has 0 aliphatic rings. The van der Waals surface area contributed by atoms with Crippen molar-refractivity contribution in [3.05, 3.63) is 106 Å². The number of phosphoric acid groups is 1. The van der Waals surface area contributed by atoms with Gasteiger partial charge >= 0.3 is 28.4 Å². The van der Waals surface area contributed by atoms with E-state index >= 15 is 0 Å². The van der Waals surface area contributed by atoms with Gasteiger partial charge < -0.3 is 52.7 Å². The van der Waals surface area contributed by atoms with Crippen LogP contribution in [0.1, 0.15) is 48.0 Å². The van der Waals surface area contributed by atoms with Gasteiger partial charge in [0.15, 0.2) is 11.4 Å². The molecule has 1 heterocycles. The van der Waals surface area contributed by atoms with Crippen LogP contribution in [0.4, 0.5) is 0 Å². The van der Waals surface area contributed by atoms with Crippen molar-refractivity contribution in [3.63, 3.8) is 0 Å². The third-order valence-electron chi connectivity index (χ3n) is 6.97. The number of carbonyl (C=O) groups is 4. The van der Waals surface area contributed by atoms with E-state index in [1.165, 1.54) is 84.1 Å². The minimum absolute atomic E-state index is 0.0384. The van der Waals surface area contributed by atoms with Crippen LogP contribution in [0.2, 0.25) is 0 Å². The molecule has 17 nitrogen and oxygen atoms in total. The summed E-state index contributed by atoms with van der Waals surface area (Å²) in [5.74, 6) is -2.35. The van der Waals surface area contributed by atoms with Crippen molar-refractivity contribution in [1.82, 2.24) is 14.4 Å². The maximum atomic E-state index is 13.7. The number of carbonyl (C=O) groups excluding carboxylic acids is 4. The Balaban J connectivity index is 0.00000141. The molecule has 53 heavy (non-hydrogen) atoms. The van der Waals surface area contributed by atoms with Crippen molar-refractivity contribution in [2.75, 3.05) is 35.3 Å². The number of rotatable bonds is 14. The smallest absolute Gasteiger partial charge is 0.469 e. The van der Waals surface area contributed by atoms with Gasteiger partial charge in [0.1, 0.15) is 5.75 Å². The second-order valence-electron chi connectivity index (χ2n) is 11.4. The van der Waals surface area contributed by atoms with E-state index in [0.717, 1.165) is 6.41 Å². The summed E-state index contributed by atoms with van der Waals surface area (Å²) in [6, 6.07) is 18.1. The zero-order valence-corrected chi connectivity index (χ0v) is 31.3. The molecule has 0 saturated heterocycles. The third kappa shape index (κ3) is 12.3. The quantitative estimate of drug-likeness (QED) is 0.0809. The van der Waals surface area contributed by atoms with Crippen molar-refractivity contribution in [2.24, 2.45) is 0 Å². The molecule has 19 heteroatoms. The Hall–Kier alpha value is -4.96. The minimum Gasteiger partial charge on any atom is -0.497 e. The van der Waals surface area contributed by atoms with Crippen LogP contribution in [-0.2, 0) is 31.6 Å². The molecule has 0 atom stereocenters. The second-order valence-corrected chi connectivity index (χ2v) is 13.4. The number of amides is 2. The van der Waals surface area contributed by atoms with Gasteiger partial charge in [0, 0.05) is 33.9 Å².